The highest BCUT2D eigenvalue weighted by Gasteiger charge is 2.04. The molecule has 0 radical (unpaired) electrons. The van der Waals surface area contributed by atoms with Crippen LogP contribution < -0.4 is 14.8 Å². The smallest absolute Gasteiger partial charge is 0.262 e. The van der Waals surface area contributed by atoms with Crippen LogP contribution in [0.4, 0.5) is 11.4 Å². The van der Waals surface area contributed by atoms with E-state index < -0.39 is 0 Å². The second-order valence-electron chi connectivity index (χ2n) is 6.24. The van der Waals surface area contributed by atoms with Crippen LogP contribution in [0.5, 0.6) is 11.5 Å². The number of benzene rings is 3. The lowest BCUT2D eigenvalue weighted by Crippen LogP contribution is -2.20. The molecule has 3 aromatic carbocycles. The Morgan fingerprint density at radius 3 is 2.54 bits per heavy atom. The van der Waals surface area contributed by atoms with Gasteiger partial charge < -0.3 is 14.8 Å². The molecule has 5 nitrogen and oxygen atoms in total. The van der Waals surface area contributed by atoms with Crippen molar-refractivity contribution >= 4 is 23.5 Å². The van der Waals surface area contributed by atoms with E-state index in [0.717, 1.165) is 28.3 Å². The van der Waals surface area contributed by atoms with E-state index in [9.17, 15) is 4.79 Å². The summed E-state index contributed by atoms with van der Waals surface area (Å²) in [6.07, 6.45) is 1.75. The summed E-state index contributed by atoms with van der Waals surface area (Å²) < 4.78 is 10.7. The number of hydrogen-bond acceptors (Lipinski definition) is 4. The molecular formula is C23H22N2O3. The van der Waals surface area contributed by atoms with Gasteiger partial charge in [0.25, 0.3) is 5.91 Å². The zero-order valence-electron chi connectivity index (χ0n) is 15.9. The molecule has 28 heavy (non-hydrogen) atoms. The normalized spacial score (nSPS) is 10.6. The number of hydrogen-bond donors (Lipinski definition) is 1. The number of nitrogens with zero attached hydrogens (tertiary/aromatic N) is 1. The molecule has 1 N–H and O–H groups in total. The molecule has 0 unspecified atom stereocenters. The molecule has 0 aliphatic heterocycles. The molecular weight excluding hydrogens is 352 g/mol. The lowest BCUT2D eigenvalue weighted by atomic mass is 10.2. The van der Waals surface area contributed by atoms with Gasteiger partial charge in [0.15, 0.2) is 6.61 Å². The van der Waals surface area contributed by atoms with Crippen LogP contribution in [0.15, 0.2) is 77.8 Å². The van der Waals surface area contributed by atoms with Crippen LogP contribution in [-0.2, 0) is 4.79 Å². The van der Waals surface area contributed by atoms with Gasteiger partial charge in [-0.1, -0.05) is 24.3 Å². The molecule has 0 saturated carbocycles. The summed E-state index contributed by atoms with van der Waals surface area (Å²) in [5, 5.41) is 2.82. The van der Waals surface area contributed by atoms with Crippen LogP contribution in [-0.4, -0.2) is 25.8 Å². The van der Waals surface area contributed by atoms with E-state index in [4.69, 9.17) is 9.47 Å². The van der Waals surface area contributed by atoms with Crippen LogP contribution >= 0.6 is 0 Å². The van der Waals surface area contributed by atoms with Crippen LogP contribution in [0.25, 0.3) is 0 Å². The number of anilines is 1. The zero-order chi connectivity index (χ0) is 19.8. The van der Waals surface area contributed by atoms with Crippen molar-refractivity contribution in [3.63, 3.8) is 0 Å². The van der Waals surface area contributed by atoms with Crippen LogP contribution in [0, 0.1) is 6.92 Å². The predicted molar refractivity (Wildman–Crippen MR) is 112 cm³/mol. The maximum Gasteiger partial charge on any atom is 0.262 e. The number of amides is 1. The van der Waals surface area contributed by atoms with E-state index >= 15 is 0 Å². The lowest BCUT2D eigenvalue weighted by molar-refractivity contribution is -0.118. The van der Waals surface area contributed by atoms with Crippen LogP contribution in [0.3, 0.4) is 0 Å². The zero-order valence-corrected chi connectivity index (χ0v) is 15.9. The Kier molecular flexibility index (Phi) is 6.41. The monoisotopic (exact) mass is 374 g/mol. The van der Waals surface area contributed by atoms with E-state index in [2.05, 4.69) is 10.3 Å². The van der Waals surface area contributed by atoms with Gasteiger partial charge in [-0.3, -0.25) is 9.79 Å². The van der Waals surface area contributed by atoms with Gasteiger partial charge in [0, 0.05) is 11.9 Å². The highest BCUT2D eigenvalue weighted by atomic mass is 16.5. The van der Waals surface area contributed by atoms with Crippen molar-refractivity contribution in [2.75, 3.05) is 19.0 Å². The summed E-state index contributed by atoms with van der Waals surface area (Å²) >= 11 is 0. The van der Waals surface area contributed by atoms with E-state index in [1.54, 1.807) is 13.3 Å². The molecule has 0 bridgehead atoms. The molecule has 142 valence electrons. The molecule has 0 aliphatic carbocycles. The van der Waals surface area contributed by atoms with Crippen molar-refractivity contribution in [3.8, 4) is 11.5 Å². The van der Waals surface area contributed by atoms with E-state index in [1.807, 2.05) is 79.7 Å². The summed E-state index contributed by atoms with van der Waals surface area (Å²) in [5.41, 5.74) is 3.55. The number of nitrogens with one attached hydrogen (secondary N) is 1. The second-order valence-corrected chi connectivity index (χ2v) is 6.24. The topological polar surface area (TPSA) is 59.9 Å². The van der Waals surface area contributed by atoms with Gasteiger partial charge in [0.2, 0.25) is 0 Å². The summed E-state index contributed by atoms with van der Waals surface area (Å²) in [7, 11) is 1.63. The summed E-state index contributed by atoms with van der Waals surface area (Å²) in [6, 6.07) is 22.6. The van der Waals surface area contributed by atoms with Crippen molar-refractivity contribution < 1.29 is 14.3 Å². The highest BCUT2D eigenvalue weighted by molar-refractivity contribution is 5.92. The minimum Gasteiger partial charge on any atom is -0.497 e. The first-order valence-corrected chi connectivity index (χ1v) is 8.90. The molecule has 1 amide bonds. The van der Waals surface area contributed by atoms with Crippen LogP contribution in [0.1, 0.15) is 11.1 Å². The first kappa shape index (κ1) is 19.2. The largest absolute Gasteiger partial charge is 0.497 e. The third-order valence-electron chi connectivity index (χ3n) is 3.96. The third kappa shape index (κ3) is 5.71. The second kappa shape index (κ2) is 9.37. The number of carbonyl (C=O) groups is 1. The fourth-order valence-electron chi connectivity index (χ4n) is 2.57. The van der Waals surface area contributed by atoms with E-state index in [-0.39, 0.29) is 12.5 Å². The molecule has 0 atom stereocenters. The fraction of sp³-hybridized carbons (Fsp3) is 0.130. The number of carbonyl (C=O) groups excluding carboxylic acids is 1. The van der Waals surface area contributed by atoms with Crippen molar-refractivity contribution in [2.24, 2.45) is 4.99 Å². The van der Waals surface area contributed by atoms with Gasteiger partial charge in [-0.25, -0.2) is 0 Å². The number of aliphatic imine (C=N–C) groups is 1. The highest BCUT2D eigenvalue weighted by Crippen LogP contribution is 2.18. The lowest BCUT2D eigenvalue weighted by Gasteiger charge is -2.08. The van der Waals surface area contributed by atoms with Gasteiger partial charge in [0.05, 0.1) is 12.8 Å². The molecule has 3 aromatic rings. The van der Waals surface area contributed by atoms with E-state index in [1.165, 1.54) is 0 Å². The molecule has 3 rings (SSSR count). The Bertz CT molecular complexity index is 966. The quantitative estimate of drug-likeness (QED) is 0.606. The molecule has 0 aromatic heterocycles. The molecule has 5 heteroatoms. The molecule has 0 fully saturated rings. The maximum atomic E-state index is 12.1. The van der Waals surface area contributed by atoms with Crippen molar-refractivity contribution in [3.05, 3.63) is 83.9 Å². The molecule has 0 spiro atoms. The van der Waals surface area contributed by atoms with Gasteiger partial charge in [-0.15, -0.1) is 0 Å². The maximum absolute atomic E-state index is 12.1. The Morgan fingerprint density at radius 1 is 1.00 bits per heavy atom. The third-order valence-corrected chi connectivity index (χ3v) is 3.96. The molecule has 0 aliphatic rings. The first-order valence-electron chi connectivity index (χ1n) is 8.90. The van der Waals surface area contributed by atoms with Crippen molar-refractivity contribution in [2.45, 2.75) is 6.92 Å². The minimum atomic E-state index is -0.206. The fourth-order valence-corrected chi connectivity index (χ4v) is 2.57. The van der Waals surface area contributed by atoms with E-state index in [0.29, 0.717) is 5.75 Å². The predicted octanol–water partition coefficient (Wildman–Crippen LogP) is 4.77. The Hall–Kier alpha value is -3.60. The first-order chi connectivity index (χ1) is 13.6. The molecule has 0 saturated heterocycles. The van der Waals surface area contributed by atoms with Gasteiger partial charge in [-0.2, -0.15) is 0 Å². The number of methoxy groups -OCH3 is 1. The van der Waals surface area contributed by atoms with Gasteiger partial charge in [0.1, 0.15) is 11.5 Å². The summed E-state index contributed by atoms with van der Waals surface area (Å²) in [6.45, 7) is 1.91. The Balaban J connectivity index is 1.56. The Morgan fingerprint density at radius 2 is 1.79 bits per heavy atom. The average Bonchev–Trinajstić information content (AvgIpc) is 2.71. The van der Waals surface area contributed by atoms with Crippen molar-refractivity contribution in [1.29, 1.82) is 0 Å². The summed E-state index contributed by atoms with van der Waals surface area (Å²) in [4.78, 5) is 16.5. The van der Waals surface area contributed by atoms with Gasteiger partial charge >= 0.3 is 0 Å². The minimum absolute atomic E-state index is 0.0625. The van der Waals surface area contributed by atoms with Crippen molar-refractivity contribution in [1.82, 2.24) is 0 Å². The number of rotatable bonds is 7. The summed E-state index contributed by atoms with van der Waals surface area (Å²) in [5.74, 6) is 1.19. The van der Waals surface area contributed by atoms with Crippen LogP contribution in [0.2, 0.25) is 0 Å². The molecule has 0 heterocycles. The number of aryl methyl sites for hydroxylation is 1. The average molecular weight is 374 g/mol. The number of ether oxygens (including phenoxy) is 2. The standard InChI is InChI=1S/C23H22N2O3/c1-17-5-3-7-20(13-17)25-23(26)16-28-22-8-4-6-18(14-22)15-24-19-9-11-21(27-2)12-10-19/h3-15H,16H2,1-2H3,(H,25,26). The van der Waals surface area contributed by atoms with Gasteiger partial charge in [-0.05, 0) is 66.6 Å². The SMILES string of the molecule is COc1ccc(N=Cc2cccc(OCC(=O)Nc3cccc(C)c3)c2)cc1. The Labute approximate surface area is 164 Å².